The summed E-state index contributed by atoms with van der Waals surface area (Å²) in [6, 6.07) is 23.8. The first kappa shape index (κ1) is 19.2. The van der Waals surface area contributed by atoms with Crippen LogP contribution in [0.15, 0.2) is 88.8 Å². The zero-order valence-electron chi connectivity index (χ0n) is 15.9. The number of nitrogens with zero attached hydrogens (tertiary/aromatic N) is 1. The molecule has 29 heavy (non-hydrogen) atoms. The van der Waals surface area contributed by atoms with E-state index in [0.717, 1.165) is 26.4 Å². The van der Waals surface area contributed by atoms with Gasteiger partial charge in [-0.1, -0.05) is 59.8 Å². The third-order valence-electron chi connectivity index (χ3n) is 4.55. The molecule has 4 rings (SSSR count). The van der Waals surface area contributed by atoms with Gasteiger partial charge < -0.3 is 5.32 Å². The fraction of sp³-hybridized carbons (Fsp3) is 0.0833. The topological polar surface area (TPSA) is 42.0 Å². The van der Waals surface area contributed by atoms with Gasteiger partial charge in [-0.25, -0.2) is 9.37 Å². The molecule has 0 bridgehead atoms. The Hall–Kier alpha value is -3.18. The number of rotatable bonds is 5. The third-order valence-corrected chi connectivity index (χ3v) is 5.47. The average Bonchev–Trinajstić information content (AvgIpc) is 2.74. The molecular weight excluding hydrogens is 383 g/mol. The molecule has 0 aliphatic carbocycles. The van der Waals surface area contributed by atoms with Crippen molar-refractivity contribution in [1.29, 1.82) is 0 Å². The first-order chi connectivity index (χ1) is 14.1. The Morgan fingerprint density at radius 2 is 1.72 bits per heavy atom. The van der Waals surface area contributed by atoms with Crippen molar-refractivity contribution < 1.29 is 9.18 Å². The molecule has 3 aromatic carbocycles. The highest BCUT2D eigenvalue weighted by molar-refractivity contribution is 7.99. The van der Waals surface area contributed by atoms with E-state index in [-0.39, 0.29) is 11.7 Å². The Morgan fingerprint density at radius 1 is 1.00 bits per heavy atom. The lowest BCUT2D eigenvalue weighted by Gasteiger charge is -2.11. The number of carbonyl (C=O) groups excluding carboxylic acids is 1. The number of amides is 1. The van der Waals surface area contributed by atoms with E-state index in [1.165, 1.54) is 29.5 Å². The summed E-state index contributed by atoms with van der Waals surface area (Å²) < 4.78 is 13.1. The molecule has 3 nitrogen and oxygen atoms in total. The highest BCUT2D eigenvalue weighted by Crippen LogP contribution is 2.30. The molecular formula is C24H19FN2OS. The Labute approximate surface area is 173 Å². The Bertz CT molecular complexity index is 1160. The summed E-state index contributed by atoms with van der Waals surface area (Å²) in [6.07, 6.45) is 0. The van der Waals surface area contributed by atoms with Crippen LogP contribution in [0.1, 0.15) is 21.5 Å². The molecule has 0 saturated heterocycles. The maximum absolute atomic E-state index is 13.1. The third kappa shape index (κ3) is 4.63. The minimum Gasteiger partial charge on any atom is -0.348 e. The number of para-hydroxylation sites is 1. The second kappa shape index (κ2) is 8.45. The lowest BCUT2D eigenvalue weighted by Crippen LogP contribution is -2.23. The lowest BCUT2D eigenvalue weighted by atomic mass is 10.1. The molecule has 144 valence electrons. The Kier molecular flexibility index (Phi) is 5.58. The molecule has 0 spiro atoms. The van der Waals surface area contributed by atoms with E-state index in [9.17, 15) is 9.18 Å². The zero-order valence-corrected chi connectivity index (χ0v) is 16.7. The number of pyridine rings is 1. The molecule has 1 heterocycles. The number of carbonyl (C=O) groups is 1. The fourth-order valence-electron chi connectivity index (χ4n) is 3.00. The van der Waals surface area contributed by atoms with Crippen molar-refractivity contribution in [3.63, 3.8) is 0 Å². The molecule has 0 fully saturated rings. The van der Waals surface area contributed by atoms with Crippen molar-refractivity contribution in [2.24, 2.45) is 0 Å². The van der Waals surface area contributed by atoms with Gasteiger partial charge in [0.15, 0.2) is 0 Å². The summed E-state index contributed by atoms with van der Waals surface area (Å²) >= 11 is 1.53. The predicted molar refractivity (Wildman–Crippen MR) is 115 cm³/mol. The van der Waals surface area contributed by atoms with Gasteiger partial charge in [-0.15, -0.1) is 0 Å². The van der Waals surface area contributed by atoms with Crippen molar-refractivity contribution in [2.75, 3.05) is 0 Å². The zero-order chi connectivity index (χ0) is 20.2. The molecule has 1 amide bonds. The van der Waals surface area contributed by atoms with Crippen molar-refractivity contribution in [1.82, 2.24) is 10.3 Å². The normalized spacial score (nSPS) is 10.8. The fourth-order valence-corrected chi connectivity index (χ4v) is 3.83. The Balaban J connectivity index is 1.61. The molecule has 0 radical (unpaired) electrons. The van der Waals surface area contributed by atoms with E-state index in [2.05, 4.69) is 17.4 Å². The smallest absolute Gasteiger partial charge is 0.252 e. The van der Waals surface area contributed by atoms with Crippen LogP contribution in [-0.2, 0) is 6.54 Å². The highest BCUT2D eigenvalue weighted by Gasteiger charge is 2.13. The first-order valence-electron chi connectivity index (χ1n) is 9.25. The number of hydrogen-bond donors (Lipinski definition) is 1. The van der Waals surface area contributed by atoms with E-state index in [0.29, 0.717) is 12.1 Å². The van der Waals surface area contributed by atoms with E-state index in [4.69, 9.17) is 4.98 Å². The van der Waals surface area contributed by atoms with Gasteiger partial charge >= 0.3 is 0 Å². The van der Waals surface area contributed by atoms with Crippen LogP contribution in [0.25, 0.3) is 10.9 Å². The van der Waals surface area contributed by atoms with Crippen LogP contribution in [0.3, 0.4) is 0 Å². The van der Waals surface area contributed by atoms with Gasteiger partial charge in [0.1, 0.15) is 10.8 Å². The summed E-state index contributed by atoms with van der Waals surface area (Å²) in [6.45, 7) is 2.38. The molecule has 0 unspecified atom stereocenters. The van der Waals surface area contributed by atoms with Gasteiger partial charge in [-0.05, 0) is 48.9 Å². The number of fused-ring (bicyclic) bond motifs is 1. The summed E-state index contributed by atoms with van der Waals surface area (Å²) in [5.41, 5.74) is 3.39. The van der Waals surface area contributed by atoms with Crippen molar-refractivity contribution in [3.05, 3.63) is 101 Å². The second-order valence-electron chi connectivity index (χ2n) is 6.75. The summed E-state index contributed by atoms with van der Waals surface area (Å²) in [5, 5.41) is 4.49. The maximum Gasteiger partial charge on any atom is 0.252 e. The monoisotopic (exact) mass is 402 g/mol. The first-order valence-corrected chi connectivity index (χ1v) is 10.1. The quantitative estimate of drug-likeness (QED) is 0.461. The van der Waals surface area contributed by atoms with Crippen LogP contribution in [0.4, 0.5) is 4.39 Å². The molecule has 0 aliphatic rings. The number of aryl methyl sites for hydroxylation is 1. The predicted octanol–water partition coefficient (Wildman–Crippen LogP) is 5.76. The number of hydrogen-bond acceptors (Lipinski definition) is 3. The summed E-state index contributed by atoms with van der Waals surface area (Å²) in [7, 11) is 0. The van der Waals surface area contributed by atoms with Crippen LogP contribution < -0.4 is 5.32 Å². The van der Waals surface area contributed by atoms with E-state index >= 15 is 0 Å². The highest BCUT2D eigenvalue weighted by atomic mass is 32.2. The minimum atomic E-state index is -0.294. The molecule has 0 atom stereocenters. The van der Waals surface area contributed by atoms with Crippen LogP contribution in [-0.4, -0.2) is 10.9 Å². The van der Waals surface area contributed by atoms with Crippen LogP contribution in [0.5, 0.6) is 0 Å². The molecule has 0 saturated carbocycles. The molecule has 1 N–H and O–H groups in total. The van der Waals surface area contributed by atoms with E-state index in [1.807, 2.05) is 49.4 Å². The largest absolute Gasteiger partial charge is 0.348 e. The van der Waals surface area contributed by atoms with Gasteiger partial charge in [0.25, 0.3) is 5.91 Å². The van der Waals surface area contributed by atoms with Crippen LogP contribution in [0.2, 0.25) is 0 Å². The number of benzene rings is 3. The molecule has 4 aromatic rings. The van der Waals surface area contributed by atoms with Crippen molar-refractivity contribution in [3.8, 4) is 0 Å². The van der Waals surface area contributed by atoms with Crippen molar-refractivity contribution in [2.45, 2.75) is 23.4 Å². The van der Waals surface area contributed by atoms with Gasteiger partial charge in [-0.2, -0.15) is 0 Å². The van der Waals surface area contributed by atoms with Gasteiger partial charge in [0.05, 0.1) is 11.1 Å². The SMILES string of the molecule is Cc1ccc(Sc2cc(C(=O)NCc3ccc(F)cc3)c3ccccc3n2)cc1. The van der Waals surface area contributed by atoms with Crippen LogP contribution >= 0.6 is 11.8 Å². The Morgan fingerprint density at radius 3 is 2.48 bits per heavy atom. The van der Waals surface area contributed by atoms with E-state index < -0.39 is 0 Å². The van der Waals surface area contributed by atoms with Crippen molar-refractivity contribution >= 4 is 28.6 Å². The van der Waals surface area contributed by atoms with E-state index in [1.54, 1.807) is 12.1 Å². The summed E-state index contributed by atoms with van der Waals surface area (Å²) in [5.74, 6) is -0.475. The lowest BCUT2D eigenvalue weighted by molar-refractivity contribution is 0.0952. The van der Waals surface area contributed by atoms with Gasteiger partial charge in [-0.3, -0.25) is 4.79 Å². The molecule has 5 heteroatoms. The molecule has 0 aliphatic heterocycles. The number of halogens is 1. The summed E-state index contributed by atoms with van der Waals surface area (Å²) in [4.78, 5) is 18.7. The minimum absolute atomic E-state index is 0.182. The maximum atomic E-state index is 13.1. The second-order valence-corrected chi connectivity index (χ2v) is 7.84. The number of nitrogens with one attached hydrogen (secondary N) is 1. The average molecular weight is 402 g/mol. The number of aromatic nitrogens is 1. The van der Waals surface area contributed by atoms with Gasteiger partial charge in [0.2, 0.25) is 0 Å². The standard InChI is InChI=1S/C24H19FN2OS/c1-16-6-12-19(13-7-16)29-23-14-21(20-4-2-3-5-22(20)27-23)24(28)26-15-17-8-10-18(25)11-9-17/h2-14H,15H2,1H3,(H,26,28). The molecule has 1 aromatic heterocycles. The van der Waals surface area contributed by atoms with Gasteiger partial charge in [0, 0.05) is 16.8 Å². The van der Waals surface area contributed by atoms with Crippen LogP contribution in [0, 0.1) is 12.7 Å².